The Bertz CT molecular complexity index is 412. The number of carbonyl (C=O) groups is 2. The molecule has 0 radical (unpaired) electrons. The Balaban J connectivity index is 2.63. The van der Waals surface area contributed by atoms with Gasteiger partial charge in [0.05, 0.1) is 12.3 Å². The minimum atomic E-state index is -0.465. The first-order valence-electron chi connectivity index (χ1n) is 5.49. The van der Waals surface area contributed by atoms with E-state index in [0.29, 0.717) is 30.0 Å². The molecule has 1 N–H and O–H groups in total. The fourth-order valence-electron chi connectivity index (χ4n) is 1.40. The van der Waals surface area contributed by atoms with Crippen LogP contribution >= 0.6 is 0 Å². The van der Waals surface area contributed by atoms with E-state index >= 15 is 0 Å². The van der Waals surface area contributed by atoms with E-state index in [2.05, 4.69) is 10.5 Å². The predicted molar refractivity (Wildman–Crippen MR) is 59.6 cm³/mol. The second kappa shape index (κ2) is 6.03. The maximum absolute atomic E-state index is 11.8. The zero-order valence-electron chi connectivity index (χ0n) is 10.2. The summed E-state index contributed by atoms with van der Waals surface area (Å²) >= 11 is 0. The molecule has 6 nitrogen and oxygen atoms in total. The smallest absolute Gasteiger partial charge is 0.325 e. The van der Waals surface area contributed by atoms with E-state index in [-0.39, 0.29) is 12.5 Å². The Morgan fingerprint density at radius 2 is 2.12 bits per heavy atom. The summed E-state index contributed by atoms with van der Waals surface area (Å²) in [6.45, 7) is 5.38. The number of hydrogen-bond acceptors (Lipinski definition) is 5. The normalized spacial score (nSPS) is 10.1. The third-order valence-corrected chi connectivity index (χ3v) is 2.19. The van der Waals surface area contributed by atoms with Crippen LogP contribution in [0.5, 0.6) is 0 Å². The lowest BCUT2D eigenvalue weighted by molar-refractivity contribution is -0.141. The molecule has 1 amide bonds. The molecule has 0 aliphatic carbocycles. The Labute approximate surface area is 99.3 Å². The molecule has 1 aromatic rings. The lowest BCUT2D eigenvalue weighted by Gasteiger charge is -2.04. The number of nitrogens with zero attached hydrogens (tertiary/aromatic N) is 1. The monoisotopic (exact) mass is 240 g/mol. The molecule has 6 heteroatoms. The Kier molecular flexibility index (Phi) is 4.68. The number of rotatable bonds is 5. The fraction of sp³-hybridized carbons (Fsp3) is 0.545. The van der Waals surface area contributed by atoms with Crippen molar-refractivity contribution in [2.45, 2.75) is 27.2 Å². The quantitative estimate of drug-likeness (QED) is 0.771. The summed E-state index contributed by atoms with van der Waals surface area (Å²) in [5, 5.41) is 6.24. The van der Waals surface area contributed by atoms with E-state index < -0.39 is 5.97 Å². The van der Waals surface area contributed by atoms with Crippen molar-refractivity contribution < 1.29 is 18.8 Å². The van der Waals surface area contributed by atoms with Crippen molar-refractivity contribution in [3.05, 3.63) is 17.0 Å². The van der Waals surface area contributed by atoms with E-state index in [1.165, 1.54) is 0 Å². The van der Waals surface area contributed by atoms with Gasteiger partial charge in [0.25, 0.3) is 5.91 Å². The van der Waals surface area contributed by atoms with Gasteiger partial charge in [-0.25, -0.2) is 0 Å². The Morgan fingerprint density at radius 3 is 2.71 bits per heavy atom. The van der Waals surface area contributed by atoms with Crippen LogP contribution in [-0.2, 0) is 16.0 Å². The molecule has 94 valence electrons. The molecule has 1 heterocycles. The molecule has 0 atom stereocenters. The van der Waals surface area contributed by atoms with Crippen LogP contribution in [0.15, 0.2) is 4.52 Å². The van der Waals surface area contributed by atoms with Crippen LogP contribution in [0, 0.1) is 6.92 Å². The third-order valence-electron chi connectivity index (χ3n) is 2.19. The summed E-state index contributed by atoms with van der Waals surface area (Å²) in [5.74, 6) is -0.384. The fourth-order valence-corrected chi connectivity index (χ4v) is 1.40. The van der Waals surface area contributed by atoms with Crippen molar-refractivity contribution in [3.63, 3.8) is 0 Å². The number of hydrogen-bond donors (Lipinski definition) is 1. The minimum Gasteiger partial charge on any atom is -0.465 e. The van der Waals surface area contributed by atoms with Gasteiger partial charge in [-0.15, -0.1) is 0 Å². The highest BCUT2D eigenvalue weighted by Gasteiger charge is 2.19. The van der Waals surface area contributed by atoms with Crippen LogP contribution in [0.2, 0.25) is 0 Å². The topological polar surface area (TPSA) is 81.4 Å². The summed E-state index contributed by atoms with van der Waals surface area (Å²) in [6.07, 6.45) is 0.597. The van der Waals surface area contributed by atoms with Gasteiger partial charge in [0, 0.05) is 0 Å². The second-order valence-electron chi connectivity index (χ2n) is 3.40. The molecular weight excluding hydrogens is 224 g/mol. The van der Waals surface area contributed by atoms with E-state index in [0.717, 1.165) is 0 Å². The molecule has 0 unspecified atom stereocenters. The van der Waals surface area contributed by atoms with Gasteiger partial charge < -0.3 is 14.6 Å². The van der Waals surface area contributed by atoms with E-state index in [1.807, 2.05) is 6.92 Å². The standard InChI is InChI=1S/C11H16N2O4/c1-4-8-10(7(3)17-13-8)11(15)12-6-9(14)16-5-2/h4-6H2,1-3H3,(H,12,15). The number of esters is 1. The molecule has 0 spiro atoms. The number of aromatic nitrogens is 1. The molecule has 0 saturated carbocycles. The molecular formula is C11H16N2O4. The minimum absolute atomic E-state index is 0.152. The summed E-state index contributed by atoms with van der Waals surface area (Å²) in [5.41, 5.74) is 0.987. The largest absolute Gasteiger partial charge is 0.465 e. The van der Waals surface area contributed by atoms with Crippen LogP contribution in [0.25, 0.3) is 0 Å². The number of amides is 1. The van der Waals surface area contributed by atoms with Gasteiger partial charge in [-0.3, -0.25) is 9.59 Å². The number of nitrogens with one attached hydrogen (secondary N) is 1. The summed E-state index contributed by atoms with van der Waals surface area (Å²) in [7, 11) is 0. The number of carbonyl (C=O) groups excluding carboxylic acids is 2. The van der Waals surface area contributed by atoms with Crippen molar-refractivity contribution in [1.82, 2.24) is 10.5 Å². The summed E-state index contributed by atoms with van der Waals surface area (Å²) in [4.78, 5) is 22.9. The van der Waals surface area contributed by atoms with Crippen LogP contribution < -0.4 is 5.32 Å². The molecule has 0 bridgehead atoms. The second-order valence-corrected chi connectivity index (χ2v) is 3.40. The Hall–Kier alpha value is -1.85. The van der Waals surface area contributed by atoms with Crippen LogP contribution in [0.4, 0.5) is 0 Å². The van der Waals surface area contributed by atoms with Gasteiger partial charge in [-0.05, 0) is 20.3 Å². The first-order valence-corrected chi connectivity index (χ1v) is 5.49. The molecule has 0 aliphatic rings. The van der Waals surface area contributed by atoms with Crippen molar-refractivity contribution in [3.8, 4) is 0 Å². The first kappa shape index (κ1) is 13.2. The molecule has 0 saturated heterocycles. The van der Waals surface area contributed by atoms with Crippen LogP contribution in [0.3, 0.4) is 0 Å². The molecule has 1 aromatic heterocycles. The molecule has 1 rings (SSSR count). The first-order chi connectivity index (χ1) is 8.10. The van der Waals surface area contributed by atoms with Gasteiger partial charge in [0.2, 0.25) is 0 Å². The average molecular weight is 240 g/mol. The highest BCUT2D eigenvalue weighted by atomic mass is 16.5. The molecule has 17 heavy (non-hydrogen) atoms. The molecule has 0 aliphatic heterocycles. The summed E-state index contributed by atoms with van der Waals surface area (Å²) < 4.78 is 9.64. The summed E-state index contributed by atoms with van der Waals surface area (Å²) in [6, 6.07) is 0. The van der Waals surface area contributed by atoms with Crippen molar-refractivity contribution in [1.29, 1.82) is 0 Å². The highest BCUT2D eigenvalue weighted by Crippen LogP contribution is 2.13. The third kappa shape index (κ3) is 3.30. The number of ether oxygens (including phenoxy) is 1. The van der Waals surface area contributed by atoms with Crippen LogP contribution in [-0.4, -0.2) is 30.2 Å². The maximum Gasteiger partial charge on any atom is 0.325 e. The molecule has 0 aromatic carbocycles. The lowest BCUT2D eigenvalue weighted by atomic mass is 10.1. The van der Waals surface area contributed by atoms with Crippen molar-refractivity contribution in [2.75, 3.05) is 13.2 Å². The van der Waals surface area contributed by atoms with Crippen molar-refractivity contribution >= 4 is 11.9 Å². The van der Waals surface area contributed by atoms with Gasteiger partial charge in [-0.2, -0.15) is 0 Å². The lowest BCUT2D eigenvalue weighted by Crippen LogP contribution is -2.31. The van der Waals surface area contributed by atoms with Gasteiger partial charge in [0.1, 0.15) is 17.9 Å². The zero-order valence-corrected chi connectivity index (χ0v) is 10.2. The predicted octanol–water partition coefficient (Wildman–Crippen LogP) is 0.838. The van der Waals surface area contributed by atoms with E-state index in [1.54, 1.807) is 13.8 Å². The van der Waals surface area contributed by atoms with E-state index in [9.17, 15) is 9.59 Å². The van der Waals surface area contributed by atoms with E-state index in [4.69, 9.17) is 9.26 Å². The SMILES string of the molecule is CCOC(=O)CNC(=O)c1c(CC)noc1C. The maximum atomic E-state index is 11.8. The van der Waals surface area contributed by atoms with Gasteiger partial charge in [0.15, 0.2) is 0 Å². The van der Waals surface area contributed by atoms with Crippen LogP contribution in [0.1, 0.15) is 35.7 Å². The highest BCUT2D eigenvalue weighted by molar-refractivity contribution is 5.97. The zero-order chi connectivity index (χ0) is 12.8. The number of aryl methyl sites for hydroxylation is 2. The van der Waals surface area contributed by atoms with Gasteiger partial charge in [-0.1, -0.05) is 12.1 Å². The average Bonchev–Trinajstić information content (AvgIpc) is 2.68. The van der Waals surface area contributed by atoms with Crippen molar-refractivity contribution in [2.24, 2.45) is 0 Å². The van der Waals surface area contributed by atoms with Gasteiger partial charge >= 0.3 is 5.97 Å². The Morgan fingerprint density at radius 1 is 1.41 bits per heavy atom. The molecule has 0 fully saturated rings.